The zero-order chi connectivity index (χ0) is 20.9. The number of ether oxygens (including phenoxy) is 1. The van der Waals surface area contributed by atoms with E-state index in [-0.39, 0.29) is 16.8 Å². The van der Waals surface area contributed by atoms with Gasteiger partial charge in [-0.15, -0.1) is 23.1 Å². The Hall–Kier alpha value is -2.06. The summed E-state index contributed by atoms with van der Waals surface area (Å²) in [5.74, 6) is 0.431. The highest BCUT2D eigenvalue weighted by Gasteiger charge is 2.43. The van der Waals surface area contributed by atoms with E-state index in [1.807, 2.05) is 31.7 Å². The molecule has 2 N–H and O–H groups in total. The standard InChI is InChI=1S/C21H28N4O2S2/c1-5-27-19(26)17-14(2)24-18(28-17)15(3)25-20(22-4)23-13-21(11-12-21)29-16-9-7-6-8-10-16/h6-10,15H,5,11-13H2,1-4H3,(H2,22,23,25). The summed E-state index contributed by atoms with van der Waals surface area (Å²) in [6.07, 6.45) is 2.39. The lowest BCUT2D eigenvalue weighted by Gasteiger charge is -2.20. The van der Waals surface area contributed by atoms with Gasteiger partial charge in [0.25, 0.3) is 0 Å². The van der Waals surface area contributed by atoms with Crippen molar-refractivity contribution in [1.82, 2.24) is 15.6 Å². The fraction of sp³-hybridized carbons (Fsp3) is 0.476. The van der Waals surface area contributed by atoms with Crippen LogP contribution in [0.15, 0.2) is 40.2 Å². The van der Waals surface area contributed by atoms with Crippen molar-refractivity contribution in [3.8, 4) is 0 Å². The van der Waals surface area contributed by atoms with E-state index in [4.69, 9.17) is 4.74 Å². The number of carbonyl (C=O) groups excluding carboxylic acids is 1. The van der Waals surface area contributed by atoms with Gasteiger partial charge in [0.2, 0.25) is 0 Å². The molecular formula is C21H28N4O2S2. The van der Waals surface area contributed by atoms with Gasteiger partial charge in [-0.05, 0) is 45.7 Å². The zero-order valence-corrected chi connectivity index (χ0v) is 19.0. The second kappa shape index (κ2) is 9.63. The molecule has 1 aromatic carbocycles. The molecular weight excluding hydrogens is 404 g/mol. The Balaban J connectivity index is 1.56. The Morgan fingerprint density at radius 2 is 2.10 bits per heavy atom. The topological polar surface area (TPSA) is 75.6 Å². The highest BCUT2D eigenvalue weighted by molar-refractivity contribution is 8.01. The lowest BCUT2D eigenvalue weighted by Crippen LogP contribution is -2.42. The molecule has 0 saturated heterocycles. The maximum atomic E-state index is 12.0. The Kier molecular flexibility index (Phi) is 7.18. The molecule has 29 heavy (non-hydrogen) atoms. The fourth-order valence-corrected chi connectivity index (χ4v) is 5.09. The highest BCUT2D eigenvalue weighted by Crippen LogP contribution is 2.51. The first-order chi connectivity index (χ1) is 14.0. The number of thioether (sulfide) groups is 1. The quantitative estimate of drug-likeness (QED) is 0.370. The van der Waals surface area contributed by atoms with Crippen LogP contribution in [0.3, 0.4) is 0 Å². The van der Waals surface area contributed by atoms with Crippen molar-refractivity contribution in [3.63, 3.8) is 0 Å². The van der Waals surface area contributed by atoms with Crippen molar-refractivity contribution >= 4 is 35.0 Å². The third-order valence-electron chi connectivity index (χ3n) is 4.68. The van der Waals surface area contributed by atoms with Crippen LogP contribution in [0.1, 0.15) is 53.1 Å². The van der Waals surface area contributed by atoms with Crippen LogP contribution in [0.2, 0.25) is 0 Å². The van der Waals surface area contributed by atoms with Crippen molar-refractivity contribution in [2.45, 2.75) is 49.3 Å². The number of hydrogen-bond acceptors (Lipinski definition) is 6. The number of nitrogens with zero attached hydrogens (tertiary/aromatic N) is 2. The largest absolute Gasteiger partial charge is 0.462 e. The van der Waals surface area contributed by atoms with E-state index in [1.165, 1.54) is 29.1 Å². The van der Waals surface area contributed by atoms with Crippen molar-refractivity contribution < 1.29 is 9.53 Å². The van der Waals surface area contributed by atoms with Crippen LogP contribution in [0.25, 0.3) is 0 Å². The number of aromatic nitrogens is 1. The SMILES string of the molecule is CCOC(=O)c1sc(C(C)NC(=NC)NCC2(Sc3ccccc3)CC2)nc1C. The average molecular weight is 433 g/mol. The first-order valence-corrected chi connectivity index (χ1v) is 11.5. The van der Waals surface area contributed by atoms with Crippen LogP contribution in [0.4, 0.5) is 0 Å². The number of rotatable bonds is 8. The van der Waals surface area contributed by atoms with E-state index in [0.29, 0.717) is 17.2 Å². The normalized spacial score (nSPS) is 16.2. The third-order valence-corrected chi connectivity index (χ3v) is 7.50. The van der Waals surface area contributed by atoms with Crippen LogP contribution in [-0.2, 0) is 4.74 Å². The Morgan fingerprint density at radius 1 is 1.38 bits per heavy atom. The zero-order valence-electron chi connectivity index (χ0n) is 17.3. The summed E-state index contributed by atoms with van der Waals surface area (Å²) in [7, 11) is 1.77. The molecule has 1 saturated carbocycles. The monoisotopic (exact) mass is 432 g/mol. The lowest BCUT2D eigenvalue weighted by atomic mass is 10.3. The molecule has 0 bridgehead atoms. The highest BCUT2D eigenvalue weighted by atomic mass is 32.2. The van der Waals surface area contributed by atoms with Gasteiger partial charge in [0, 0.05) is 23.2 Å². The molecule has 1 aliphatic carbocycles. The average Bonchev–Trinajstić information content (AvgIpc) is 3.36. The minimum atomic E-state index is -0.308. The van der Waals surface area contributed by atoms with E-state index in [0.717, 1.165) is 17.5 Å². The number of hydrogen-bond donors (Lipinski definition) is 2. The number of thiazole rings is 1. The molecule has 2 aromatic rings. The predicted octanol–water partition coefficient (Wildman–Crippen LogP) is 4.18. The van der Waals surface area contributed by atoms with Crippen molar-refractivity contribution in [3.05, 3.63) is 45.9 Å². The van der Waals surface area contributed by atoms with Gasteiger partial charge in [0.15, 0.2) is 5.96 Å². The summed E-state index contributed by atoms with van der Waals surface area (Å²) in [5, 5.41) is 7.69. The molecule has 156 valence electrons. The third kappa shape index (κ3) is 5.73. The van der Waals surface area contributed by atoms with Gasteiger partial charge in [-0.25, -0.2) is 9.78 Å². The van der Waals surface area contributed by atoms with Gasteiger partial charge < -0.3 is 15.4 Å². The first-order valence-electron chi connectivity index (χ1n) is 9.82. The van der Waals surface area contributed by atoms with E-state index < -0.39 is 0 Å². The Bertz CT molecular complexity index is 863. The summed E-state index contributed by atoms with van der Waals surface area (Å²) >= 11 is 3.30. The lowest BCUT2D eigenvalue weighted by molar-refractivity contribution is 0.0531. The Labute approximate surface area is 180 Å². The number of nitrogens with one attached hydrogen (secondary N) is 2. The number of benzene rings is 1. The van der Waals surface area contributed by atoms with Gasteiger partial charge in [0.05, 0.1) is 18.3 Å². The van der Waals surface area contributed by atoms with E-state index in [9.17, 15) is 4.79 Å². The maximum absolute atomic E-state index is 12.0. The molecule has 1 heterocycles. The van der Waals surface area contributed by atoms with E-state index in [1.54, 1.807) is 14.0 Å². The molecule has 0 spiro atoms. The van der Waals surface area contributed by atoms with E-state index >= 15 is 0 Å². The Morgan fingerprint density at radius 3 is 2.72 bits per heavy atom. The molecule has 1 aromatic heterocycles. The van der Waals surface area contributed by atoms with Crippen LogP contribution in [-0.4, -0.2) is 41.9 Å². The maximum Gasteiger partial charge on any atom is 0.350 e. The second-order valence-corrected chi connectivity index (χ2v) is 9.65. The first kappa shape index (κ1) is 21.6. The number of guanidine groups is 1. The second-order valence-electron chi connectivity index (χ2n) is 7.08. The van der Waals surface area contributed by atoms with E-state index in [2.05, 4.69) is 44.9 Å². The summed E-state index contributed by atoms with van der Waals surface area (Å²) in [6.45, 7) is 6.87. The summed E-state index contributed by atoms with van der Waals surface area (Å²) in [4.78, 5) is 22.8. The fourth-order valence-electron chi connectivity index (χ4n) is 2.89. The van der Waals surface area contributed by atoms with Gasteiger partial charge in [-0.2, -0.15) is 0 Å². The number of aliphatic imine (C=N–C) groups is 1. The minimum Gasteiger partial charge on any atom is -0.462 e. The summed E-state index contributed by atoms with van der Waals surface area (Å²) in [5.41, 5.74) is 0.705. The molecule has 1 fully saturated rings. The molecule has 8 heteroatoms. The van der Waals surface area contributed by atoms with Crippen LogP contribution in [0.5, 0.6) is 0 Å². The molecule has 0 aliphatic heterocycles. The molecule has 3 rings (SSSR count). The van der Waals surface area contributed by atoms with Crippen LogP contribution >= 0.6 is 23.1 Å². The van der Waals surface area contributed by atoms with Crippen LogP contribution < -0.4 is 10.6 Å². The van der Waals surface area contributed by atoms with Gasteiger partial charge in [-0.3, -0.25) is 4.99 Å². The number of aryl methyl sites for hydroxylation is 1. The van der Waals surface area contributed by atoms with Gasteiger partial charge in [0.1, 0.15) is 9.88 Å². The van der Waals surface area contributed by atoms with Crippen molar-refractivity contribution in [2.24, 2.45) is 4.99 Å². The number of esters is 1. The molecule has 1 unspecified atom stereocenters. The molecule has 1 aliphatic rings. The molecule has 6 nitrogen and oxygen atoms in total. The predicted molar refractivity (Wildman–Crippen MR) is 120 cm³/mol. The van der Waals surface area contributed by atoms with Gasteiger partial charge in [-0.1, -0.05) is 18.2 Å². The molecule has 1 atom stereocenters. The number of carbonyl (C=O) groups is 1. The summed E-state index contributed by atoms with van der Waals surface area (Å²) in [6, 6.07) is 10.5. The van der Waals surface area contributed by atoms with Gasteiger partial charge >= 0.3 is 5.97 Å². The summed E-state index contributed by atoms with van der Waals surface area (Å²) < 4.78 is 5.34. The van der Waals surface area contributed by atoms with Crippen LogP contribution in [0, 0.1) is 6.92 Å². The smallest absolute Gasteiger partial charge is 0.350 e. The van der Waals surface area contributed by atoms with Crippen molar-refractivity contribution in [2.75, 3.05) is 20.2 Å². The minimum absolute atomic E-state index is 0.0648. The molecule has 0 amide bonds. The van der Waals surface area contributed by atoms with Crippen molar-refractivity contribution in [1.29, 1.82) is 0 Å². The molecule has 0 radical (unpaired) electrons.